The molecule has 0 spiro atoms. The van der Waals surface area contributed by atoms with Gasteiger partial charge in [-0.15, -0.1) is 11.6 Å². The summed E-state index contributed by atoms with van der Waals surface area (Å²) in [5.41, 5.74) is 0.0743. The molecule has 0 aliphatic carbocycles. The van der Waals surface area contributed by atoms with Gasteiger partial charge in [-0.05, 0) is 26.2 Å². The molecule has 1 heterocycles. The molecular formula is C9H14ClF2N. The van der Waals surface area contributed by atoms with Gasteiger partial charge in [-0.3, -0.25) is 0 Å². The fraction of sp³-hybridized carbons (Fsp3) is 0.778. The van der Waals surface area contributed by atoms with E-state index in [1.807, 2.05) is 6.92 Å². The van der Waals surface area contributed by atoms with Gasteiger partial charge in [0.25, 0.3) is 6.08 Å². The zero-order chi connectivity index (χ0) is 9.90. The molecule has 76 valence electrons. The highest BCUT2D eigenvalue weighted by Gasteiger charge is 2.32. The maximum Gasteiger partial charge on any atom is 0.270 e. The van der Waals surface area contributed by atoms with Crippen LogP contribution in [0.25, 0.3) is 0 Å². The molecule has 1 aliphatic rings. The second-order valence-corrected chi connectivity index (χ2v) is 4.13. The summed E-state index contributed by atoms with van der Waals surface area (Å²) in [4.78, 5) is 0. The van der Waals surface area contributed by atoms with E-state index in [4.69, 9.17) is 11.6 Å². The molecule has 1 unspecified atom stereocenters. The van der Waals surface area contributed by atoms with Crippen molar-refractivity contribution in [3.05, 3.63) is 11.7 Å². The van der Waals surface area contributed by atoms with Crippen molar-refractivity contribution in [1.29, 1.82) is 0 Å². The van der Waals surface area contributed by atoms with Gasteiger partial charge in [0.1, 0.15) is 0 Å². The van der Waals surface area contributed by atoms with Gasteiger partial charge in [0.15, 0.2) is 0 Å². The summed E-state index contributed by atoms with van der Waals surface area (Å²) in [6.07, 6.45) is 0.647. The van der Waals surface area contributed by atoms with E-state index in [2.05, 4.69) is 5.32 Å². The fourth-order valence-corrected chi connectivity index (χ4v) is 1.82. The molecule has 1 atom stereocenters. The smallest absolute Gasteiger partial charge is 0.270 e. The molecule has 0 radical (unpaired) electrons. The number of hydrogen-bond donors (Lipinski definition) is 1. The Morgan fingerprint density at radius 2 is 2.31 bits per heavy atom. The van der Waals surface area contributed by atoms with Crippen molar-refractivity contribution in [1.82, 2.24) is 5.32 Å². The fourth-order valence-electron chi connectivity index (χ4n) is 1.68. The highest BCUT2D eigenvalue weighted by Crippen LogP contribution is 2.30. The lowest BCUT2D eigenvalue weighted by Gasteiger charge is -2.23. The topological polar surface area (TPSA) is 12.0 Å². The van der Waals surface area contributed by atoms with Crippen LogP contribution in [0.15, 0.2) is 11.7 Å². The molecule has 0 saturated carbocycles. The Morgan fingerprint density at radius 1 is 1.62 bits per heavy atom. The van der Waals surface area contributed by atoms with E-state index in [0.717, 1.165) is 12.8 Å². The van der Waals surface area contributed by atoms with Gasteiger partial charge in [-0.1, -0.05) is 0 Å². The Bertz CT molecular complexity index is 214. The Hall–Kier alpha value is -0.150. The Kier molecular flexibility index (Phi) is 3.68. The molecule has 1 fully saturated rings. The standard InChI is InChI=1S/C9H14ClF2N/c1-9(3-2-4-10)5-7(6-13-9)8(11)12/h13H,2-6H2,1H3. The summed E-state index contributed by atoms with van der Waals surface area (Å²) in [6.45, 7) is 2.29. The van der Waals surface area contributed by atoms with E-state index < -0.39 is 6.08 Å². The first kappa shape index (κ1) is 10.9. The summed E-state index contributed by atoms with van der Waals surface area (Å²) >= 11 is 5.55. The van der Waals surface area contributed by atoms with Crippen LogP contribution in [-0.4, -0.2) is 18.0 Å². The van der Waals surface area contributed by atoms with Gasteiger partial charge in [-0.2, -0.15) is 8.78 Å². The molecule has 4 heteroatoms. The predicted octanol–water partition coefficient (Wildman–Crippen LogP) is 2.91. The summed E-state index contributed by atoms with van der Waals surface area (Å²) in [6, 6.07) is 0. The van der Waals surface area contributed by atoms with Crippen LogP contribution in [0.3, 0.4) is 0 Å². The third kappa shape index (κ3) is 2.92. The van der Waals surface area contributed by atoms with Crippen LogP contribution >= 0.6 is 11.6 Å². The molecule has 13 heavy (non-hydrogen) atoms. The van der Waals surface area contributed by atoms with Crippen molar-refractivity contribution >= 4 is 11.6 Å². The third-order valence-electron chi connectivity index (χ3n) is 2.46. The molecule has 1 N–H and O–H groups in total. The molecule has 0 bridgehead atoms. The lowest BCUT2D eigenvalue weighted by atomic mass is 9.93. The van der Waals surface area contributed by atoms with Crippen molar-refractivity contribution in [3.8, 4) is 0 Å². The lowest BCUT2D eigenvalue weighted by molar-refractivity contribution is 0.378. The van der Waals surface area contributed by atoms with E-state index in [1.54, 1.807) is 0 Å². The molecule has 0 aromatic rings. The number of rotatable bonds is 3. The van der Waals surface area contributed by atoms with Crippen LogP contribution in [0.2, 0.25) is 0 Å². The van der Waals surface area contributed by atoms with Crippen LogP contribution < -0.4 is 5.32 Å². The number of halogens is 3. The number of nitrogens with one attached hydrogen (secondary N) is 1. The summed E-state index contributed by atoms with van der Waals surface area (Å²) in [5.74, 6) is 0.592. The largest absolute Gasteiger partial charge is 0.307 e. The lowest BCUT2D eigenvalue weighted by Crippen LogP contribution is -2.35. The predicted molar refractivity (Wildman–Crippen MR) is 50.2 cm³/mol. The minimum absolute atomic E-state index is 0.173. The average molecular weight is 210 g/mol. The quantitative estimate of drug-likeness (QED) is 0.705. The van der Waals surface area contributed by atoms with Crippen LogP contribution in [0.5, 0.6) is 0 Å². The number of hydrogen-bond acceptors (Lipinski definition) is 1. The van der Waals surface area contributed by atoms with Crippen molar-refractivity contribution in [2.75, 3.05) is 12.4 Å². The molecule has 0 amide bonds. The number of alkyl halides is 1. The van der Waals surface area contributed by atoms with Gasteiger partial charge in [0.05, 0.1) is 0 Å². The van der Waals surface area contributed by atoms with E-state index in [1.165, 1.54) is 0 Å². The van der Waals surface area contributed by atoms with Crippen LogP contribution in [0.4, 0.5) is 8.78 Å². The molecule has 1 saturated heterocycles. The molecule has 0 aromatic carbocycles. The maximum absolute atomic E-state index is 12.2. The SMILES string of the molecule is CC1(CCCCl)CC(=C(F)F)CN1. The van der Waals surface area contributed by atoms with Gasteiger partial charge < -0.3 is 5.32 Å². The van der Waals surface area contributed by atoms with E-state index in [-0.39, 0.29) is 11.1 Å². The van der Waals surface area contributed by atoms with E-state index in [0.29, 0.717) is 18.8 Å². The maximum atomic E-state index is 12.2. The van der Waals surface area contributed by atoms with Crippen molar-refractivity contribution in [2.24, 2.45) is 0 Å². The minimum atomic E-state index is -1.53. The zero-order valence-corrected chi connectivity index (χ0v) is 8.43. The van der Waals surface area contributed by atoms with Gasteiger partial charge in [-0.25, -0.2) is 0 Å². The van der Waals surface area contributed by atoms with Crippen LogP contribution in [-0.2, 0) is 0 Å². The second kappa shape index (κ2) is 4.38. The second-order valence-electron chi connectivity index (χ2n) is 3.75. The monoisotopic (exact) mass is 209 g/mol. The molecule has 0 aromatic heterocycles. The molecule has 1 rings (SSSR count). The van der Waals surface area contributed by atoms with E-state index >= 15 is 0 Å². The van der Waals surface area contributed by atoms with Crippen molar-refractivity contribution in [2.45, 2.75) is 31.7 Å². The minimum Gasteiger partial charge on any atom is -0.307 e. The van der Waals surface area contributed by atoms with Crippen molar-refractivity contribution in [3.63, 3.8) is 0 Å². The summed E-state index contributed by atoms with van der Waals surface area (Å²) < 4.78 is 24.4. The van der Waals surface area contributed by atoms with Crippen molar-refractivity contribution < 1.29 is 8.78 Å². The summed E-state index contributed by atoms with van der Waals surface area (Å²) in [5, 5.41) is 3.10. The Labute approximate surface area is 82.1 Å². The molecule has 1 nitrogen and oxygen atoms in total. The Morgan fingerprint density at radius 3 is 2.77 bits per heavy atom. The first-order valence-corrected chi connectivity index (χ1v) is 4.95. The first-order valence-electron chi connectivity index (χ1n) is 4.41. The van der Waals surface area contributed by atoms with Gasteiger partial charge >= 0.3 is 0 Å². The Balaban J connectivity index is 2.51. The zero-order valence-electron chi connectivity index (χ0n) is 7.67. The molecule has 1 aliphatic heterocycles. The van der Waals surface area contributed by atoms with Gasteiger partial charge in [0, 0.05) is 23.5 Å². The summed E-state index contributed by atoms with van der Waals surface area (Å²) in [7, 11) is 0. The highest BCUT2D eigenvalue weighted by atomic mass is 35.5. The third-order valence-corrected chi connectivity index (χ3v) is 2.73. The van der Waals surface area contributed by atoms with Crippen LogP contribution in [0.1, 0.15) is 26.2 Å². The highest BCUT2D eigenvalue weighted by molar-refractivity contribution is 6.17. The van der Waals surface area contributed by atoms with E-state index in [9.17, 15) is 8.78 Å². The average Bonchev–Trinajstić information content (AvgIpc) is 2.46. The molecular weight excluding hydrogens is 196 g/mol. The van der Waals surface area contributed by atoms with Gasteiger partial charge in [0.2, 0.25) is 0 Å². The first-order chi connectivity index (χ1) is 6.07. The van der Waals surface area contributed by atoms with Crippen LogP contribution in [0, 0.1) is 0 Å². The normalized spacial score (nSPS) is 28.2.